The SMILES string of the molecule is Oc1cc2ccc(-c3cnc[nH]3)cc2[nH]1. The van der Waals surface area contributed by atoms with E-state index < -0.39 is 0 Å². The van der Waals surface area contributed by atoms with Crippen molar-refractivity contribution in [2.24, 2.45) is 0 Å². The third kappa shape index (κ3) is 1.27. The minimum atomic E-state index is 0.187. The van der Waals surface area contributed by atoms with Gasteiger partial charge in [-0.2, -0.15) is 0 Å². The second kappa shape index (κ2) is 2.88. The Morgan fingerprint density at radius 2 is 2.13 bits per heavy atom. The first-order chi connectivity index (χ1) is 7.33. The second-order valence-electron chi connectivity index (χ2n) is 3.42. The highest BCUT2D eigenvalue weighted by Gasteiger charge is 2.02. The molecule has 74 valence electrons. The minimum Gasteiger partial charge on any atom is -0.495 e. The topological polar surface area (TPSA) is 64.7 Å². The molecule has 0 unspecified atom stereocenters. The Bertz CT molecular complexity index is 595. The number of nitrogens with one attached hydrogen (secondary N) is 2. The second-order valence-corrected chi connectivity index (χ2v) is 3.42. The van der Waals surface area contributed by atoms with E-state index >= 15 is 0 Å². The van der Waals surface area contributed by atoms with Gasteiger partial charge in [0.25, 0.3) is 0 Å². The summed E-state index contributed by atoms with van der Waals surface area (Å²) in [5.41, 5.74) is 2.92. The summed E-state index contributed by atoms with van der Waals surface area (Å²) in [7, 11) is 0. The van der Waals surface area contributed by atoms with E-state index in [1.54, 1.807) is 18.6 Å². The van der Waals surface area contributed by atoms with Crippen LogP contribution in [0.3, 0.4) is 0 Å². The molecule has 0 bridgehead atoms. The van der Waals surface area contributed by atoms with Gasteiger partial charge in [0.2, 0.25) is 0 Å². The highest BCUT2D eigenvalue weighted by Crippen LogP contribution is 2.24. The average molecular weight is 199 g/mol. The number of aromatic nitrogens is 3. The Kier molecular flexibility index (Phi) is 1.56. The normalized spacial score (nSPS) is 10.9. The van der Waals surface area contributed by atoms with Crippen molar-refractivity contribution in [2.45, 2.75) is 0 Å². The van der Waals surface area contributed by atoms with Crippen molar-refractivity contribution in [2.75, 3.05) is 0 Å². The number of imidazole rings is 1. The van der Waals surface area contributed by atoms with E-state index in [9.17, 15) is 5.11 Å². The molecule has 0 saturated carbocycles. The molecule has 0 amide bonds. The lowest BCUT2D eigenvalue weighted by atomic mass is 10.1. The number of hydrogen-bond acceptors (Lipinski definition) is 2. The molecule has 0 aliphatic heterocycles. The molecule has 0 spiro atoms. The van der Waals surface area contributed by atoms with Gasteiger partial charge in [0.1, 0.15) is 0 Å². The Morgan fingerprint density at radius 1 is 1.20 bits per heavy atom. The van der Waals surface area contributed by atoms with Crippen LogP contribution in [0.4, 0.5) is 0 Å². The Balaban J connectivity index is 2.21. The van der Waals surface area contributed by atoms with Crippen LogP contribution in [0.25, 0.3) is 22.2 Å². The fourth-order valence-electron chi connectivity index (χ4n) is 1.69. The zero-order valence-corrected chi connectivity index (χ0v) is 7.86. The summed E-state index contributed by atoms with van der Waals surface area (Å²) in [5.74, 6) is 0.187. The van der Waals surface area contributed by atoms with E-state index in [0.717, 1.165) is 22.2 Å². The molecule has 1 aromatic carbocycles. The molecule has 0 aliphatic rings. The van der Waals surface area contributed by atoms with Crippen LogP contribution in [0.1, 0.15) is 0 Å². The lowest BCUT2D eigenvalue weighted by Crippen LogP contribution is -1.76. The molecule has 3 rings (SSSR count). The number of benzene rings is 1. The predicted octanol–water partition coefficient (Wildman–Crippen LogP) is 2.26. The van der Waals surface area contributed by atoms with Crippen LogP contribution in [0.5, 0.6) is 5.88 Å². The maximum absolute atomic E-state index is 9.30. The van der Waals surface area contributed by atoms with E-state index in [2.05, 4.69) is 15.0 Å². The first-order valence-corrected chi connectivity index (χ1v) is 4.63. The van der Waals surface area contributed by atoms with Crippen LogP contribution in [0.2, 0.25) is 0 Å². The van der Waals surface area contributed by atoms with Crippen LogP contribution in [0.15, 0.2) is 36.8 Å². The van der Waals surface area contributed by atoms with E-state index in [4.69, 9.17) is 0 Å². The van der Waals surface area contributed by atoms with Crippen molar-refractivity contribution in [1.29, 1.82) is 0 Å². The number of aromatic amines is 2. The number of rotatable bonds is 1. The maximum Gasteiger partial charge on any atom is 0.189 e. The quantitative estimate of drug-likeness (QED) is 0.562. The largest absolute Gasteiger partial charge is 0.495 e. The molecule has 0 atom stereocenters. The van der Waals surface area contributed by atoms with Gasteiger partial charge in [0.15, 0.2) is 5.88 Å². The van der Waals surface area contributed by atoms with Crippen molar-refractivity contribution in [1.82, 2.24) is 15.0 Å². The number of aromatic hydroxyl groups is 1. The van der Waals surface area contributed by atoms with Crippen LogP contribution >= 0.6 is 0 Å². The van der Waals surface area contributed by atoms with Gasteiger partial charge in [-0.25, -0.2) is 4.98 Å². The molecule has 3 N–H and O–H groups in total. The Hall–Kier alpha value is -2.23. The molecular weight excluding hydrogens is 190 g/mol. The first kappa shape index (κ1) is 8.11. The Labute approximate surface area is 85.6 Å². The van der Waals surface area contributed by atoms with Gasteiger partial charge in [0, 0.05) is 22.5 Å². The molecule has 0 radical (unpaired) electrons. The van der Waals surface area contributed by atoms with Gasteiger partial charge in [-0.1, -0.05) is 12.1 Å². The van der Waals surface area contributed by atoms with Crippen LogP contribution in [-0.2, 0) is 0 Å². The zero-order chi connectivity index (χ0) is 10.3. The summed E-state index contributed by atoms with van der Waals surface area (Å²) >= 11 is 0. The molecule has 0 aliphatic carbocycles. The van der Waals surface area contributed by atoms with Gasteiger partial charge < -0.3 is 15.1 Å². The summed E-state index contributed by atoms with van der Waals surface area (Å²) in [4.78, 5) is 9.89. The molecule has 15 heavy (non-hydrogen) atoms. The lowest BCUT2D eigenvalue weighted by Gasteiger charge is -1.96. The summed E-state index contributed by atoms with van der Waals surface area (Å²) in [6, 6.07) is 7.62. The molecule has 0 saturated heterocycles. The number of nitrogens with zero attached hydrogens (tertiary/aromatic N) is 1. The monoisotopic (exact) mass is 199 g/mol. The fourth-order valence-corrected chi connectivity index (χ4v) is 1.69. The van der Waals surface area contributed by atoms with Gasteiger partial charge in [-0.15, -0.1) is 0 Å². The van der Waals surface area contributed by atoms with Crippen molar-refractivity contribution in [3.05, 3.63) is 36.8 Å². The summed E-state index contributed by atoms with van der Waals surface area (Å²) in [5, 5.41) is 10.3. The standard InChI is InChI=1S/C11H9N3O/c15-11-4-8-2-1-7(3-9(8)14-11)10-5-12-6-13-10/h1-6,14-15H,(H,12,13). The highest BCUT2D eigenvalue weighted by atomic mass is 16.3. The third-order valence-electron chi connectivity index (χ3n) is 2.42. The number of H-pyrrole nitrogens is 2. The first-order valence-electron chi connectivity index (χ1n) is 4.63. The smallest absolute Gasteiger partial charge is 0.189 e. The van der Waals surface area contributed by atoms with Crippen LogP contribution in [-0.4, -0.2) is 20.1 Å². The van der Waals surface area contributed by atoms with E-state index in [-0.39, 0.29) is 5.88 Å². The van der Waals surface area contributed by atoms with Gasteiger partial charge in [0.05, 0.1) is 18.2 Å². The van der Waals surface area contributed by atoms with E-state index in [1.807, 2.05) is 18.2 Å². The van der Waals surface area contributed by atoms with E-state index in [0.29, 0.717) is 0 Å². The van der Waals surface area contributed by atoms with Crippen molar-refractivity contribution < 1.29 is 5.11 Å². The van der Waals surface area contributed by atoms with Crippen molar-refractivity contribution in [3.8, 4) is 17.1 Å². The fraction of sp³-hybridized carbons (Fsp3) is 0. The lowest BCUT2D eigenvalue weighted by molar-refractivity contribution is 0.458. The highest BCUT2D eigenvalue weighted by molar-refractivity contribution is 5.85. The molecule has 2 aromatic heterocycles. The molecule has 0 fully saturated rings. The van der Waals surface area contributed by atoms with Crippen molar-refractivity contribution in [3.63, 3.8) is 0 Å². The van der Waals surface area contributed by atoms with E-state index in [1.165, 1.54) is 0 Å². The summed E-state index contributed by atoms with van der Waals surface area (Å²) in [6.07, 6.45) is 3.41. The maximum atomic E-state index is 9.30. The number of hydrogen-bond donors (Lipinski definition) is 3. The zero-order valence-electron chi connectivity index (χ0n) is 7.86. The molecule has 4 heteroatoms. The summed E-state index contributed by atoms with van der Waals surface area (Å²) < 4.78 is 0. The molecular formula is C11H9N3O. The third-order valence-corrected chi connectivity index (χ3v) is 2.42. The number of fused-ring (bicyclic) bond motifs is 1. The molecule has 2 heterocycles. The van der Waals surface area contributed by atoms with Gasteiger partial charge >= 0.3 is 0 Å². The van der Waals surface area contributed by atoms with Gasteiger partial charge in [-0.05, 0) is 6.07 Å². The van der Waals surface area contributed by atoms with Crippen LogP contribution in [0, 0.1) is 0 Å². The average Bonchev–Trinajstić information content (AvgIpc) is 2.82. The van der Waals surface area contributed by atoms with Gasteiger partial charge in [-0.3, -0.25) is 0 Å². The minimum absolute atomic E-state index is 0.187. The van der Waals surface area contributed by atoms with Crippen LogP contribution < -0.4 is 0 Å². The predicted molar refractivity (Wildman–Crippen MR) is 57.5 cm³/mol. The Morgan fingerprint density at radius 3 is 2.93 bits per heavy atom. The summed E-state index contributed by atoms with van der Waals surface area (Å²) in [6.45, 7) is 0. The molecule has 3 aromatic rings. The van der Waals surface area contributed by atoms with Crippen molar-refractivity contribution >= 4 is 10.9 Å². The molecule has 4 nitrogen and oxygen atoms in total.